The maximum absolute atomic E-state index is 13.1. The van der Waals surface area contributed by atoms with Gasteiger partial charge >= 0.3 is 0 Å². The van der Waals surface area contributed by atoms with Crippen molar-refractivity contribution in [1.29, 1.82) is 0 Å². The van der Waals surface area contributed by atoms with E-state index in [-0.39, 0.29) is 17.2 Å². The molecule has 3 aromatic rings. The van der Waals surface area contributed by atoms with Gasteiger partial charge in [-0.05, 0) is 44.4 Å². The van der Waals surface area contributed by atoms with Crippen molar-refractivity contribution in [2.24, 2.45) is 13.0 Å². The number of hydrogen-bond acceptors (Lipinski definition) is 5. The second-order valence-corrected chi connectivity index (χ2v) is 9.08. The standard InChI is InChI=1S/C21H26ClN5O2S/c1-12(2)8-9-27-20(29)16-7-6-15(22)10-17(16)23-21(27)30-11-18(28)24-19-13(3)25-26(5)14(19)4/h6-7,10,12H,8-9,11H2,1-5H3,(H,24,28). The Morgan fingerprint density at radius 2 is 2.03 bits per heavy atom. The second-order valence-electron chi connectivity index (χ2n) is 7.70. The highest BCUT2D eigenvalue weighted by Gasteiger charge is 2.16. The monoisotopic (exact) mass is 447 g/mol. The Morgan fingerprint density at radius 3 is 2.67 bits per heavy atom. The minimum Gasteiger partial charge on any atom is -0.322 e. The van der Waals surface area contributed by atoms with Crippen LogP contribution in [0, 0.1) is 19.8 Å². The topological polar surface area (TPSA) is 81.8 Å². The molecule has 0 saturated carbocycles. The summed E-state index contributed by atoms with van der Waals surface area (Å²) < 4.78 is 3.39. The quantitative estimate of drug-likeness (QED) is 0.434. The molecule has 2 heterocycles. The molecule has 0 fully saturated rings. The first-order chi connectivity index (χ1) is 14.2. The van der Waals surface area contributed by atoms with Crippen molar-refractivity contribution >= 4 is 45.9 Å². The zero-order chi connectivity index (χ0) is 22.0. The lowest BCUT2D eigenvalue weighted by molar-refractivity contribution is -0.113. The highest BCUT2D eigenvalue weighted by molar-refractivity contribution is 7.99. The molecule has 7 nitrogen and oxygen atoms in total. The SMILES string of the molecule is Cc1nn(C)c(C)c1NC(=O)CSc1nc2cc(Cl)ccc2c(=O)n1CCC(C)C. The maximum Gasteiger partial charge on any atom is 0.262 e. The summed E-state index contributed by atoms with van der Waals surface area (Å²) >= 11 is 7.34. The first kappa shape index (κ1) is 22.4. The second kappa shape index (κ2) is 9.22. The van der Waals surface area contributed by atoms with Crippen LogP contribution in [0.2, 0.25) is 5.02 Å². The van der Waals surface area contributed by atoms with E-state index >= 15 is 0 Å². The van der Waals surface area contributed by atoms with Gasteiger partial charge in [0.15, 0.2) is 5.16 Å². The molecule has 1 amide bonds. The van der Waals surface area contributed by atoms with E-state index in [0.29, 0.717) is 33.5 Å². The van der Waals surface area contributed by atoms with E-state index < -0.39 is 0 Å². The van der Waals surface area contributed by atoms with Crippen molar-refractivity contribution in [3.05, 3.63) is 45.0 Å². The number of nitrogens with one attached hydrogen (secondary N) is 1. The maximum atomic E-state index is 13.1. The molecule has 1 N–H and O–H groups in total. The van der Waals surface area contributed by atoms with Gasteiger partial charge in [-0.3, -0.25) is 18.8 Å². The lowest BCUT2D eigenvalue weighted by Gasteiger charge is -2.14. The highest BCUT2D eigenvalue weighted by atomic mass is 35.5. The Balaban J connectivity index is 1.86. The van der Waals surface area contributed by atoms with E-state index in [2.05, 4.69) is 29.2 Å². The first-order valence-electron chi connectivity index (χ1n) is 9.80. The molecule has 2 aromatic heterocycles. The number of halogens is 1. The Hall–Kier alpha value is -2.32. The number of anilines is 1. The summed E-state index contributed by atoms with van der Waals surface area (Å²) in [5.41, 5.74) is 2.80. The van der Waals surface area contributed by atoms with Crippen LogP contribution in [0.4, 0.5) is 5.69 Å². The van der Waals surface area contributed by atoms with E-state index in [0.717, 1.165) is 23.5 Å². The van der Waals surface area contributed by atoms with Crippen LogP contribution in [0.25, 0.3) is 10.9 Å². The number of benzene rings is 1. The fraction of sp³-hybridized carbons (Fsp3) is 0.429. The van der Waals surface area contributed by atoms with E-state index in [1.807, 2.05) is 20.9 Å². The molecule has 1 aromatic carbocycles. The molecular weight excluding hydrogens is 422 g/mol. The van der Waals surface area contributed by atoms with Gasteiger partial charge in [0.1, 0.15) is 0 Å². The van der Waals surface area contributed by atoms with Crippen LogP contribution in [0.5, 0.6) is 0 Å². The number of carbonyl (C=O) groups excluding carboxylic acids is 1. The molecule has 0 spiro atoms. The van der Waals surface area contributed by atoms with Gasteiger partial charge in [-0.2, -0.15) is 5.10 Å². The minimum absolute atomic E-state index is 0.112. The van der Waals surface area contributed by atoms with Crippen molar-refractivity contribution in [3.8, 4) is 0 Å². The van der Waals surface area contributed by atoms with Gasteiger partial charge in [0.2, 0.25) is 5.91 Å². The summed E-state index contributed by atoms with van der Waals surface area (Å²) in [6.07, 6.45) is 0.842. The Morgan fingerprint density at radius 1 is 1.30 bits per heavy atom. The summed E-state index contributed by atoms with van der Waals surface area (Å²) in [6.45, 7) is 8.53. The van der Waals surface area contributed by atoms with Crippen LogP contribution in [0.1, 0.15) is 31.7 Å². The number of nitrogens with zero attached hydrogens (tertiary/aromatic N) is 4. The highest BCUT2D eigenvalue weighted by Crippen LogP contribution is 2.23. The smallest absolute Gasteiger partial charge is 0.262 e. The first-order valence-corrected chi connectivity index (χ1v) is 11.2. The molecule has 3 rings (SSSR count). The van der Waals surface area contributed by atoms with Crippen molar-refractivity contribution in [2.75, 3.05) is 11.1 Å². The third-order valence-electron chi connectivity index (χ3n) is 4.92. The normalized spacial score (nSPS) is 11.4. The zero-order valence-corrected chi connectivity index (χ0v) is 19.4. The van der Waals surface area contributed by atoms with Crippen molar-refractivity contribution in [3.63, 3.8) is 0 Å². The number of thioether (sulfide) groups is 1. The van der Waals surface area contributed by atoms with E-state index in [1.54, 1.807) is 27.4 Å². The molecule has 0 aliphatic rings. The van der Waals surface area contributed by atoms with Crippen LogP contribution in [0.3, 0.4) is 0 Å². The minimum atomic E-state index is -0.171. The third kappa shape index (κ3) is 4.87. The summed E-state index contributed by atoms with van der Waals surface area (Å²) in [5.74, 6) is 0.402. The molecule has 0 aliphatic carbocycles. The number of aromatic nitrogens is 4. The lowest BCUT2D eigenvalue weighted by atomic mass is 10.1. The van der Waals surface area contributed by atoms with Gasteiger partial charge in [-0.1, -0.05) is 37.2 Å². The Labute approximate surface area is 184 Å². The van der Waals surface area contributed by atoms with Gasteiger partial charge < -0.3 is 5.32 Å². The fourth-order valence-electron chi connectivity index (χ4n) is 3.13. The molecule has 30 heavy (non-hydrogen) atoms. The van der Waals surface area contributed by atoms with Gasteiger partial charge in [0.25, 0.3) is 5.56 Å². The number of hydrogen-bond donors (Lipinski definition) is 1. The average Bonchev–Trinajstić information content (AvgIpc) is 2.91. The van der Waals surface area contributed by atoms with Crippen LogP contribution in [0.15, 0.2) is 28.2 Å². The number of fused-ring (bicyclic) bond motifs is 1. The lowest BCUT2D eigenvalue weighted by Crippen LogP contribution is -2.25. The van der Waals surface area contributed by atoms with E-state index in [1.165, 1.54) is 11.8 Å². The Bertz CT molecular complexity index is 1150. The third-order valence-corrected chi connectivity index (χ3v) is 6.13. The molecule has 0 atom stereocenters. The van der Waals surface area contributed by atoms with E-state index in [4.69, 9.17) is 11.6 Å². The Kier molecular flexibility index (Phi) is 6.88. The average molecular weight is 448 g/mol. The van der Waals surface area contributed by atoms with Crippen LogP contribution < -0.4 is 10.9 Å². The predicted molar refractivity (Wildman–Crippen MR) is 123 cm³/mol. The largest absolute Gasteiger partial charge is 0.322 e. The van der Waals surface area contributed by atoms with Crippen molar-refractivity contribution in [2.45, 2.75) is 45.8 Å². The molecule has 160 valence electrons. The number of aryl methyl sites for hydroxylation is 2. The van der Waals surface area contributed by atoms with Gasteiger partial charge in [-0.15, -0.1) is 0 Å². The van der Waals surface area contributed by atoms with Gasteiger partial charge in [-0.25, -0.2) is 4.98 Å². The van der Waals surface area contributed by atoms with E-state index in [9.17, 15) is 9.59 Å². The predicted octanol–water partition coefficient (Wildman–Crippen LogP) is 4.18. The molecule has 0 bridgehead atoms. The van der Waals surface area contributed by atoms with Crippen LogP contribution in [-0.4, -0.2) is 31.0 Å². The summed E-state index contributed by atoms with van der Waals surface area (Å²) in [6, 6.07) is 5.07. The fourth-order valence-corrected chi connectivity index (χ4v) is 4.12. The molecular formula is C21H26ClN5O2S. The van der Waals surface area contributed by atoms with Crippen LogP contribution in [-0.2, 0) is 18.4 Å². The summed E-state index contributed by atoms with van der Waals surface area (Å²) in [5, 5.41) is 8.80. The number of amides is 1. The molecule has 0 unspecified atom stereocenters. The van der Waals surface area contributed by atoms with Crippen molar-refractivity contribution < 1.29 is 4.79 Å². The zero-order valence-electron chi connectivity index (χ0n) is 17.8. The number of rotatable bonds is 7. The van der Waals surface area contributed by atoms with Gasteiger partial charge in [0, 0.05) is 18.6 Å². The molecule has 0 saturated heterocycles. The van der Waals surface area contributed by atoms with Crippen molar-refractivity contribution in [1.82, 2.24) is 19.3 Å². The summed E-state index contributed by atoms with van der Waals surface area (Å²) in [7, 11) is 1.84. The van der Waals surface area contributed by atoms with Gasteiger partial charge in [0.05, 0.1) is 33.7 Å². The number of carbonyl (C=O) groups is 1. The van der Waals surface area contributed by atoms with Crippen LogP contribution >= 0.6 is 23.4 Å². The molecule has 9 heteroatoms. The summed E-state index contributed by atoms with van der Waals surface area (Å²) in [4.78, 5) is 30.3. The molecule has 0 aliphatic heterocycles. The molecule has 0 radical (unpaired) electrons.